The van der Waals surface area contributed by atoms with Crippen molar-refractivity contribution in [1.29, 1.82) is 0 Å². The van der Waals surface area contributed by atoms with E-state index in [0.29, 0.717) is 0 Å². The van der Waals surface area contributed by atoms with Crippen molar-refractivity contribution in [2.45, 2.75) is 26.1 Å². The van der Waals surface area contributed by atoms with Crippen molar-refractivity contribution in [2.75, 3.05) is 0 Å². The van der Waals surface area contributed by atoms with Gasteiger partial charge in [-0.25, -0.2) is 0 Å². The molecule has 172 valence electrons. The van der Waals surface area contributed by atoms with E-state index in [0.717, 1.165) is 20.1 Å². The molecule has 4 rings (SSSR count). The van der Waals surface area contributed by atoms with Crippen molar-refractivity contribution in [3.63, 3.8) is 0 Å². The summed E-state index contributed by atoms with van der Waals surface area (Å²) in [6, 6.07) is 28.1. The normalized spacial score (nSPS) is 13.2. The van der Waals surface area contributed by atoms with Crippen LogP contribution in [0.15, 0.2) is 97.3 Å². The van der Waals surface area contributed by atoms with Crippen LogP contribution < -0.4 is 17.7 Å². The number of nitrogens with zero attached hydrogens (tertiary/aromatic N) is 2. The number of rotatable bonds is 8. The Morgan fingerprint density at radius 1 is 0.647 bits per heavy atom. The van der Waals surface area contributed by atoms with E-state index < -0.39 is 49.9 Å². The van der Waals surface area contributed by atoms with Gasteiger partial charge in [-0.05, 0) is 0 Å². The van der Waals surface area contributed by atoms with Crippen LogP contribution >= 0.6 is 0 Å². The zero-order chi connectivity index (χ0) is 23.8. The fourth-order valence-electron chi connectivity index (χ4n) is 3.52. The van der Waals surface area contributed by atoms with Crippen LogP contribution in [-0.2, 0) is 9.47 Å². The van der Waals surface area contributed by atoms with Crippen LogP contribution in [0.4, 0.5) is 4.79 Å². The number of hydrogen-bond donors (Lipinski definition) is 0. The number of carbonyl (C=O) groups excluding carboxylic acids is 1. The molecular weight excluding hydrogens is 550 g/mol. The SMILES string of the molecule is CC(OC(=O)OC(C)c1ccccc1[AsH]c1ccccn1)c1ccccc1[AsH]c1ccccn1. The molecule has 2 aromatic carbocycles. The topological polar surface area (TPSA) is 61.3 Å². The number of benzene rings is 2. The average molecular weight is 576 g/mol. The number of aromatic nitrogens is 2. The summed E-state index contributed by atoms with van der Waals surface area (Å²) in [4.78, 5) is 21.6. The van der Waals surface area contributed by atoms with Gasteiger partial charge in [-0.1, -0.05) is 0 Å². The van der Waals surface area contributed by atoms with E-state index in [4.69, 9.17) is 9.47 Å². The molecule has 2 heterocycles. The summed E-state index contributed by atoms with van der Waals surface area (Å²) in [6.45, 7) is 3.77. The molecule has 0 aliphatic carbocycles. The van der Waals surface area contributed by atoms with Crippen LogP contribution in [0.3, 0.4) is 0 Å². The van der Waals surface area contributed by atoms with E-state index in [-0.39, 0.29) is 0 Å². The second-order valence-corrected chi connectivity index (χ2v) is 13.1. The van der Waals surface area contributed by atoms with Crippen molar-refractivity contribution in [1.82, 2.24) is 9.97 Å². The predicted octanol–water partition coefficient (Wildman–Crippen LogP) is 2.23. The molecule has 0 spiro atoms. The fraction of sp³-hybridized carbons (Fsp3) is 0.148. The first-order valence-corrected chi connectivity index (χ1v) is 15.2. The van der Waals surface area contributed by atoms with Crippen molar-refractivity contribution < 1.29 is 14.3 Å². The van der Waals surface area contributed by atoms with E-state index in [9.17, 15) is 4.79 Å². The second-order valence-electron chi connectivity index (χ2n) is 7.62. The van der Waals surface area contributed by atoms with Crippen LogP contribution in [0, 0.1) is 0 Å². The Labute approximate surface area is 213 Å². The first kappa shape index (κ1) is 24.3. The molecule has 0 N–H and O–H groups in total. The molecule has 5 nitrogen and oxygen atoms in total. The third-order valence-electron chi connectivity index (χ3n) is 5.20. The summed E-state index contributed by atoms with van der Waals surface area (Å²) >= 11 is -1.28. The van der Waals surface area contributed by atoms with Gasteiger partial charge in [0, 0.05) is 0 Å². The van der Waals surface area contributed by atoms with Crippen LogP contribution in [0.5, 0.6) is 0 Å². The molecule has 34 heavy (non-hydrogen) atoms. The summed E-state index contributed by atoms with van der Waals surface area (Å²) < 4.78 is 16.0. The Bertz CT molecular complexity index is 1130. The Morgan fingerprint density at radius 2 is 1.06 bits per heavy atom. The van der Waals surface area contributed by atoms with Gasteiger partial charge in [0.1, 0.15) is 0 Å². The predicted molar refractivity (Wildman–Crippen MR) is 139 cm³/mol. The summed E-state index contributed by atoms with van der Waals surface area (Å²) in [5, 5.41) is 0. The van der Waals surface area contributed by atoms with Gasteiger partial charge in [0.2, 0.25) is 0 Å². The van der Waals surface area contributed by atoms with Gasteiger partial charge < -0.3 is 0 Å². The van der Waals surface area contributed by atoms with Gasteiger partial charge in [-0.3, -0.25) is 0 Å². The molecule has 4 aromatic rings. The number of ether oxygens (including phenoxy) is 2. The van der Waals surface area contributed by atoms with Crippen LogP contribution in [-0.4, -0.2) is 47.6 Å². The third kappa shape index (κ3) is 6.59. The third-order valence-corrected chi connectivity index (χ3v) is 10.6. The Kier molecular flexibility index (Phi) is 8.57. The van der Waals surface area contributed by atoms with Crippen molar-refractivity contribution >= 4 is 55.3 Å². The average Bonchev–Trinajstić information content (AvgIpc) is 2.86. The van der Waals surface area contributed by atoms with Gasteiger partial charge in [-0.15, -0.1) is 0 Å². The van der Waals surface area contributed by atoms with E-state index >= 15 is 0 Å². The summed E-state index contributed by atoms with van der Waals surface area (Å²) in [5.41, 5.74) is 2.00. The van der Waals surface area contributed by atoms with Gasteiger partial charge in [0.15, 0.2) is 0 Å². The molecule has 4 atom stereocenters. The zero-order valence-corrected chi connectivity index (χ0v) is 23.2. The van der Waals surface area contributed by atoms with E-state index in [2.05, 4.69) is 22.1 Å². The standard InChI is InChI=1S/C27H26As2N2O3/c1-19(21-11-3-5-13-23(21)28-25-15-7-9-17-30-25)33-27(32)34-20(2)22-12-4-6-14-24(22)29-26-16-8-10-18-31-26/h3-20,28-29H,1-2H3. The number of hydrogen-bond acceptors (Lipinski definition) is 5. The van der Waals surface area contributed by atoms with Crippen LogP contribution in [0.25, 0.3) is 0 Å². The van der Waals surface area contributed by atoms with Crippen molar-refractivity contribution in [3.8, 4) is 0 Å². The molecule has 0 radical (unpaired) electrons. The summed E-state index contributed by atoms with van der Waals surface area (Å²) in [6.07, 6.45) is 2.13. The van der Waals surface area contributed by atoms with Crippen LogP contribution in [0.1, 0.15) is 37.2 Å². The van der Waals surface area contributed by atoms with Gasteiger partial charge >= 0.3 is 214 Å². The minimum atomic E-state index is -0.666. The summed E-state index contributed by atoms with van der Waals surface area (Å²) in [7, 11) is 0. The number of carbonyl (C=O) groups is 1. The summed E-state index contributed by atoms with van der Waals surface area (Å²) in [5.74, 6) is 0. The molecule has 2 aromatic heterocycles. The van der Waals surface area contributed by atoms with Gasteiger partial charge in [0.25, 0.3) is 0 Å². The monoisotopic (exact) mass is 576 g/mol. The quantitative estimate of drug-likeness (QED) is 0.238. The Morgan fingerprint density at radius 3 is 1.47 bits per heavy atom. The molecular formula is C27H26As2N2O3. The van der Waals surface area contributed by atoms with Gasteiger partial charge in [-0.2, -0.15) is 0 Å². The minimum absolute atomic E-state index is 0.416. The first-order valence-electron chi connectivity index (χ1n) is 11.0. The molecule has 7 heteroatoms. The van der Waals surface area contributed by atoms with E-state index in [1.165, 1.54) is 8.70 Å². The zero-order valence-electron chi connectivity index (χ0n) is 19.0. The van der Waals surface area contributed by atoms with Crippen molar-refractivity contribution in [3.05, 3.63) is 108 Å². The maximum atomic E-state index is 12.7. The Balaban J connectivity index is 1.42. The molecule has 0 saturated heterocycles. The maximum absolute atomic E-state index is 12.7. The molecule has 0 aliphatic heterocycles. The fourth-order valence-corrected chi connectivity index (χ4v) is 8.58. The van der Waals surface area contributed by atoms with Crippen LogP contribution in [0.2, 0.25) is 0 Å². The molecule has 0 saturated carbocycles. The first-order chi connectivity index (χ1) is 16.6. The second kappa shape index (κ2) is 12.0. The molecule has 0 aliphatic rings. The molecule has 0 fully saturated rings. The van der Waals surface area contributed by atoms with Crippen molar-refractivity contribution in [2.24, 2.45) is 0 Å². The molecule has 4 unspecified atom stereocenters. The molecule has 0 bridgehead atoms. The Hall–Kier alpha value is -2.87. The number of pyridine rings is 2. The molecule has 0 amide bonds. The van der Waals surface area contributed by atoms with E-state index in [1.807, 2.05) is 99.0 Å². The van der Waals surface area contributed by atoms with E-state index in [1.54, 1.807) is 0 Å². The van der Waals surface area contributed by atoms with Gasteiger partial charge in [0.05, 0.1) is 0 Å².